The Morgan fingerprint density at radius 2 is 2.12 bits per heavy atom. The van der Waals surface area contributed by atoms with Gasteiger partial charge >= 0.3 is 11.7 Å². The second-order valence-corrected chi connectivity index (χ2v) is 4.77. The molecule has 0 saturated heterocycles. The molecule has 1 amide bonds. The van der Waals surface area contributed by atoms with E-state index in [1.165, 1.54) is 21.8 Å². The maximum absolute atomic E-state index is 12.0. The normalized spacial score (nSPS) is 10.4. The number of anilines is 1. The lowest BCUT2D eigenvalue weighted by molar-refractivity contribution is -0.385. The summed E-state index contributed by atoms with van der Waals surface area (Å²) in [6.45, 7) is 2.04. The Morgan fingerprint density at radius 1 is 1.38 bits per heavy atom. The van der Waals surface area contributed by atoms with Gasteiger partial charge in [0.15, 0.2) is 0 Å². The third kappa shape index (κ3) is 3.94. The van der Waals surface area contributed by atoms with Gasteiger partial charge in [-0.15, -0.1) is 0 Å². The Kier molecular flexibility index (Phi) is 5.24. The Balaban J connectivity index is 1.98. The van der Waals surface area contributed by atoms with Crippen LogP contribution in [-0.4, -0.2) is 43.0 Å². The summed E-state index contributed by atoms with van der Waals surface area (Å²) in [6, 6.07) is 0. The van der Waals surface area contributed by atoms with Crippen LogP contribution in [0, 0.1) is 10.1 Å². The topological polar surface area (TPSA) is 134 Å². The fourth-order valence-electron chi connectivity index (χ4n) is 1.92. The van der Waals surface area contributed by atoms with E-state index < -0.39 is 10.9 Å². The SMILES string of the molecule is CCOC(=O)c1cnn(C)c1NC(=O)CCn1cc([N+](=O)[O-])cn1. The molecule has 11 heteroatoms. The number of hydrogen-bond donors (Lipinski definition) is 1. The highest BCUT2D eigenvalue weighted by molar-refractivity contribution is 6.00. The molecule has 0 aliphatic rings. The van der Waals surface area contributed by atoms with Crippen molar-refractivity contribution in [2.75, 3.05) is 11.9 Å². The first-order chi connectivity index (χ1) is 11.4. The fraction of sp³-hybridized carbons (Fsp3) is 0.385. The molecule has 24 heavy (non-hydrogen) atoms. The summed E-state index contributed by atoms with van der Waals surface area (Å²) in [5, 5.41) is 20.9. The monoisotopic (exact) mass is 336 g/mol. The van der Waals surface area contributed by atoms with Crippen molar-refractivity contribution < 1.29 is 19.2 Å². The number of carbonyl (C=O) groups is 2. The molecule has 11 nitrogen and oxygen atoms in total. The molecule has 0 aromatic carbocycles. The van der Waals surface area contributed by atoms with Crippen LogP contribution in [0.2, 0.25) is 0 Å². The Hall–Kier alpha value is -3.24. The lowest BCUT2D eigenvalue weighted by Gasteiger charge is -2.08. The third-order valence-corrected chi connectivity index (χ3v) is 3.09. The van der Waals surface area contributed by atoms with E-state index in [9.17, 15) is 19.7 Å². The smallest absolute Gasteiger partial charge is 0.343 e. The number of hydrogen-bond acceptors (Lipinski definition) is 7. The molecule has 2 aromatic rings. The van der Waals surface area contributed by atoms with E-state index in [1.807, 2.05) is 0 Å². The Morgan fingerprint density at radius 3 is 2.75 bits per heavy atom. The van der Waals surface area contributed by atoms with Gasteiger partial charge in [-0.05, 0) is 6.92 Å². The first-order valence-electron chi connectivity index (χ1n) is 7.08. The van der Waals surface area contributed by atoms with Crippen LogP contribution in [0.4, 0.5) is 11.5 Å². The van der Waals surface area contributed by atoms with Crippen LogP contribution in [0.1, 0.15) is 23.7 Å². The molecule has 0 aliphatic carbocycles. The van der Waals surface area contributed by atoms with Crippen LogP contribution in [0.3, 0.4) is 0 Å². The maximum Gasteiger partial charge on any atom is 0.343 e. The summed E-state index contributed by atoms with van der Waals surface area (Å²) in [7, 11) is 1.58. The first kappa shape index (κ1) is 17.1. The van der Waals surface area contributed by atoms with Crippen molar-refractivity contribution in [2.24, 2.45) is 7.05 Å². The van der Waals surface area contributed by atoms with E-state index in [2.05, 4.69) is 15.5 Å². The molecule has 1 N–H and O–H groups in total. The number of aromatic nitrogens is 4. The highest BCUT2D eigenvalue weighted by atomic mass is 16.6. The molecule has 2 aromatic heterocycles. The molecule has 0 saturated carbocycles. The summed E-state index contributed by atoms with van der Waals surface area (Å²) in [4.78, 5) is 33.8. The van der Waals surface area contributed by atoms with Gasteiger partial charge in [0.25, 0.3) is 0 Å². The fourth-order valence-corrected chi connectivity index (χ4v) is 1.92. The molecule has 0 aliphatic heterocycles. The van der Waals surface area contributed by atoms with Gasteiger partial charge in [0.2, 0.25) is 5.91 Å². The average molecular weight is 336 g/mol. The van der Waals surface area contributed by atoms with Gasteiger partial charge in [-0.3, -0.25) is 24.3 Å². The van der Waals surface area contributed by atoms with Crippen molar-refractivity contribution in [3.8, 4) is 0 Å². The zero-order valence-electron chi connectivity index (χ0n) is 13.1. The molecule has 2 rings (SSSR count). The molecule has 0 unspecified atom stereocenters. The number of nitrogens with one attached hydrogen (secondary N) is 1. The Labute approximate surface area is 136 Å². The van der Waals surface area contributed by atoms with Gasteiger partial charge in [-0.25, -0.2) is 4.79 Å². The van der Waals surface area contributed by atoms with Gasteiger partial charge in [-0.1, -0.05) is 0 Å². The summed E-state index contributed by atoms with van der Waals surface area (Å²) < 4.78 is 7.55. The van der Waals surface area contributed by atoms with E-state index in [-0.39, 0.29) is 42.5 Å². The number of rotatable bonds is 7. The molecule has 0 spiro atoms. The zero-order chi connectivity index (χ0) is 17.7. The summed E-state index contributed by atoms with van der Waals surface area (Å²) in [6.07, 6.45) is 3.68. The quantitative estimate of drug-likeness (QED) is 0.447. The second-order valence-electron chi connectivity index (χ2n) is 4.77. The number of ether oxygens (including phenoxy) is 1. The minimum absolute atomic E-state index is 0.0201. The molecule has 0 atom stereocenters. The van der Waals surface area contributed by atoms with Gasteiger partial charge in [0.1, 0.15) is 23.8 Å². The highest BCUT2D eigenvalue weighted by Gasteiger charge is 2.19. The van der Waals surface area contributed by atoms with E-state index >= 15 is 0 Å². The third-order valence-electron chi connectivity index (χ3n) is 3.09. The molecule has 0 radical (unpaired) electrons. The van der Waals surface area contributed by atoms with Crippen molar-refractivity contribution in [1.82, 2.24) is 19.6 Å². The van der Waals surface area contributed by atoms with Crippen LogP contribution in [0.25, 0.3) is 0 Å². The number of aryl methyl sites for hydroxylation is 2. The second kappa shape index (κ2) is 7.35. The van der Waals surface area contributed by atoms with Crippen molar-refractivity contribution in [3.05, 3.63) is 34.3 Å². The molecule has 2 heterocycles. The molecular weight excluding hydrogens is 320 g/mol. The van der Waals surface area contributed by atoms with Crippen LogP contribution in [0.15, 0.2) is 18.6 Å². The Bertz CT molecular complexity index is 765. The van der Waals surface area contributed by atoms with Gasteiger partial charge in [0.05, 0.1) is 17.7 Å². The van der Waals surface area contributed by atoms with Crippen LogP contribution in [-0.2, 0) is 23.1 Å². The average Bonchev–Trinajstić information content (AvgIpc) is 3.13. The predicted octanol–water partition coefficient (Wildman–Crippen LogP) is 0.730. The van der Waals surface area contributed by atoms with Crippen molar-refractivity contribution in [3.63, 3.8) is 0 Å². The minimum atomic E-state index is -0.580. The first-order valence-corrected chi connectivity index (χ1v) is 7.08. The van der Waals surface area contributed by atoms with Crippen molar-refractivity contribution in [1.29, 1.82) is 0 Å². The standard InChI is InChI=1S/C13H16N6O5/c1-3-24-13(21)10-7-14-17(2)12(10)16-11(20)4-5-18-8-9(6-15-18)19(22)23/h6-8H,3-5H2,1-2H3,(H,16,20). The molecule has 0 bridgehead atoms. The van der Waals surface area contributed by atoms with Crippen molar-refractivity contribution >= 4 is 23.4 Å². The number of amides is 1. The minimum Gasteiger partial charge on any atom is -0.462 e. The predicted molar refractivity (Wildman–Crippen MR) is 81.3 cm³/mol. The number of nitrogens with zero attached hydrogens (tertiary/aromatic N) is 5. The molecule has 128 valence electrons. The van der Waals surface area contributed by atoms with E-state index in [0.717, 1.165) is 6.20 Å². The van der Waals surface area contributed by atoms with Crippen LogP contribution >= 0.6 is 0 Å². The number of carbonyl (C=O) groups excluding carboxylic acids is 2. The number of esters is 1. The van der Waals surface area contributed by atoms with Crippen LogP contribution < -0.4 is 5.32 Å². The van der Waals surface area contributed by atoms with E-state index in [1.54, 1.807) is 14.0 Å². The largest absolute Gasteiger partial charge is 0.462 e. The van der Waals surface area contributed by atoms with E-state index in [0.29, 0.717) is 0 Å². The van der Waals surface area contributed by atoms with Crippen LogP contribution in [0.5, 0.6) is 0 Å². The lowest BCUT2D eigenvalue weighted by atomic mass is 10.3. The van der Waals surface area contributed by atoms with Crippen molar-refractivity contribution in [2.45, 2.75) is 19.9 Å². The van der Waals surface area contributed by atoms with E-state index in [4.69, 9.17) is 4.74 Å². The number of nitro groups is 1. The molecule has 0 fully saturated rings. The molecular formula is C13H16N6O5. The summed E-state index contributed by atoms with van der Waals surface area (Å²) in [5.74, 6) is -0.740. The highest BCUT2D eigenvalue weighted by Crippen LogP contribution is 2.16. The lowest BCUT2D eigenvalue weighted by Crippen LogP contribution is -2.19. The zero-order valence-corrected chi connectivity index (χ0v) is 13.1. The summed E-state index contributed by atoms with van der Waals surface area (Å²) in [5.41, 5.74) is 0.00840. The maximum atomic E-state index is 12.0. The van der Waals surface area contributed by atoms with Gasteiger partial charge < -0.3 is 10.1 Å². The summed E-state index contributed by atoms with van der Waals surface area (Å²) >= 11 is 0. The van der Waals surface area contributed by atoms with Gasteiger partial charge in [-0.2, -0.15) is 10.2 Å². The van der Waals surface area contributed by atoms with Gasteiger partial charge in [0, 0.05) is 20.0 Å².